The van der Waals surface area contributed by atoms with Gasteiger partial charge in [-0.3, -0.25) is 4.57 Å². The van der Waals surface area contributed by atoms with Crippen LogP contribution < -0.4 is 10.5 Å². The Morgan fingerprint density at radius 2 is 1.95 bits per heavy atom. The number of hydrogen-bond acceptors (Lipinski definition) is 3. The van der Waals surface area contributed by atoms with Gasteiger partial charge in [-0.25, -0.2) is 4.98 Å². The molecule has 0 atom stereocenters. The molecule has 96 valence electrons. The Bertz CT molecular complexity index is 746. The second-order valence-corrected chi connectivity index (χ2v) is 4.41. The molecule has 2 N–H and O–H groups in total. The Balaban J connectivity index is 2.35. The summed E-state index contributed by atoms with van der Waals surface area (Å²) in [5.74, 6) is 1.69. The average molecular weight is 253 g/mol. The fraction of sp³-hybridized carbons (Fsp3) is 0.133. The summed E-state index contributed by atoms with van der Waals surface area (Å²) < 4.78 is 7.48. The van der Waals surface area contributed by atoms with Crippen LogP contribution in [0.4, 0.5) is 5.69 Å². The van der Waals surface area contributed by atoms with Crippen LogP contribution in [0.2, 0.25) is 0 Å². The largest absolute Gasteiger partial charge is 0.495 e. The standard InChI is InChI=1S/C15H15N3O/c1-10-17-12-5-3-4-6-13(12)18(10)14-9-11(16)7-8-15(14)19-2/h3-9H,16H2,1-2H3. The highest BCUT2D eigenvalue weighted by Gasteiger charge is 2.12. The van der Waals surface area contributed by atoms with Crippen molar-refractivity contribution >= 4 is 16.7 Å². The van der Waals surface area contributed by atoms with Gasteiger partial charge in [-0.1, -0.05) is 12.1 Å². The molecule has 0 aliphatic heterocycles. The monoisotopic (exact) mass is 253 g/mol. The Labute approximate surface area is 111 Å². The molecule has 1 heterocycles. The van der Waals surface area contributed by atoms with Crippen molar-refractivity contribution in [2.24, 2.45) is 0 Å². The normalized spacial score (nSPS) is 10.8. The highest BCUT2D eigenvalue weighted by Crippen LogP contribution is 2.29. The number of aryl methyl sites for hydroxylation is 1. The second-order valence-electron chi connectivity index (χ2n) is 4.41. The van der Waals surface area contributed by atoms with Crippen molar-refractivity contribution in [3.63, 3.8) is 0 Å². The van der Waals surface area contributed by atoms with E-state index in [4.69, 9.17) is 10.5 Å². The number of ether oxygens (including phenoxy) is 1. The van der Waals surface area contributed by atoms with Gasteiger partial charge in [0.05, 0.1) is 23.8 Å². The van der Waals surface area contributed by atoms with Crippen molar-refractivity contribution in [3.8, 4) is 11.4 Å². The maximum Gasteiger partial charge on any atom is 0.143 e. The fourth-order valence-electron chi connectivity index (χ4n) is 2.33. The van der Waals surface area contributed by atoms with Crippen LogP contribution in [0.25, 0.3) is 16.7 Å². The zero-order valence-corrected chi connectivity index (χ0v) is 10.9. The number of fused-ring (bicyclic) bond motifs is 1. The highest BCUT2D eigenvalue weighted by molar-refractivity contribution is 5.79. The topological polar surface area (TPSA) is 53.1 Å². The molecule has 4 nitrogen and oxygen atoms in total. The molecule has 0 spiro atoms. The number of nitrogen functional groups attached to an aromatic ring is 1. The van der Waals surface area contributed by atoms with Crippen molar-refractivity contribution < 1.29 is 4.74 Å². The van der Waals surface area contributed by atoms with E-state index in [1.54, 1.807) is 7.11 Å². The molecule has 0 radical (unpaired) electrons. The van der Waals surface area contributed by atoms with Gasteiger partial charge in [-0.2, -0.15) is 0 Å². The number of para-hydroxylation sites is 2. The third-order valence-corrected chi connectivity index (χ3v) is 3.17. The molecular formula is C15H15N3O. The van der Waals surface area contributed by atoms with Crippen molar-refractivity contribution in [2.75, 3.05) is 12.8 Å². The predicted molar refractivity (Wildman–Crippen MR) is 76.8 cm³/mol. The number of hydrogen-bond donors (Lipinski definition) is 1. The highest BCUT2D eigenvalue weighted by atomic mass is 16.5. The minimum atomic E-state index is 0.702. The van der Waals surface area contributed by atoms with Gasteiger partial charge in [0.1, 0.15) is 11.6 Å². The smallest absolute Gasteiger partial charge is 0.143 e. The summed E-state index contributed by atoms with van der Waals surface area (Å²) in [7, 11) is 1.66. The number of anilines is 1. The molecule has 0 saturated heterocycles. The summed E-state index contributed by atoms with van der Waals surface area (Å²) in [5, 5.41) is 0. The maximum atomic E-state index is 5.89. The summed E-state index contributed by atoms with van der Waals surface area (Å²) in [6, 6.07) is 13.6. The van der Waals surface area contributed by atoms with Crippen LogP contribution in [-0.4, -0.2) is 16.7 Å². The molecule has 2 aromatic carbocycles. The molecule has 1 aromatic heterocycles. The first-order valence-corrected chi connectivity index (χ1v) is 6.08. The van der Waals surface area contributed by atoms with Gasteiger partial charge in [0.25, 0.3) is 0 Å². The molecule has 0 aliphatic rings. The van der Waals surface area contributed by atoms with Gasteiger partial charge in [0, 0.05) is 5.69 Å². The minimum Gasteiger partial charge on any atom is -0.495 e. The lowest BCUT2D eigenvalue weighted by atomic mass is 10.2. The van der Waals surface area contributed by atoms with Crippen molar-refractivity contribution in [2.45, 2.75) is 6.92 Å². The molecule has 3 aromatic rings. The summed E-state index contributed by atoms with van der Waals surface area (Å²) in [6.45, 7) is 1.97. The third kappa shape index (κ3) is 1.81. The predicted octanol–water partition coefficient (Wildman–Crippen LogP) is 2.92. The van der Waals surface area contributed by atoms with E-state index in [1.807, 2.05) is 49.4 Å². The first-order chi connectivity index (χ1) is 9.20. The Hall–Kier alpha value is -2.49. The van der Waals surface area contributed by atoms with Crippen LogP contribution in [0.15, 0.2) is 42.5 Å². The van der Waals surface area contributed by atoms with E-state index in [9.17, 15) is 0 Å². The van der Waals surface area contributed by atoms with E-state index >= 15 is 0 Å². The van der Waals surface area contributed by atoms with Crippen LogP contribution >= 0.6 is 0 Å². The van der Waals surface area contributed by atoms with E-state index in [1.165, 1.54) is 0 Å². The Morgan fingerprint density at radius 1 is 1.16 bits per heavy atom. The number of methoxy groups -OCH3 is 1. The van der Waals surface area contributed by atoms with E-state index in [-0.39, 0.29) is 0 Å². The van der Waals surface area contributed by atoms with E-state index in [0.717, 1.165) is 28.3 Å². The molecule has 4 heteroatoms. The van der Waals surface area contributed by atoms with Crippen molar-refractivity contribution in [1.82, 2.24) is 9.55 Å². The number of nitrogens with two attached hydrogens (primary N) is 1. The van der Waals surface area contributed by atoms with Crippen LogP contribution in [0.3, 0.4) is 0 Å². The molecule has 0 amide bonds. The minimum absolute atomic E-state index is 0.702. The van der Waals surface area contributed by atoms with E-state index in [0.29, 0.717) is 5.69 Å². The molecular weight excluding hydrogens is 238 g/mol. The zero-order chi connectivity index (χ0) is 13.4. The number of imidazole rings is 1. The number of rotatable bonds is 2. The Morgan fingerprint density at radius 3 is 2.74 bits per heavy atom. The molecule has 0 unspecified atom stereocenters. The van der Waals surface area contributed by atoms with Crippen LogP contribution in [0, 0.1) is 6.92 Å². The summed E-state index contributed by atoms with van der Waals surface area (Å²) in [5.41, 5.74) is 9.51. The van der Waals surface area contributed by atoms with Gasteiger partial charge in [0.15, 0.2) is 0 Å². The van der Waals surface area contributed by atoms with Crippen LogP contribution in [0.1, 0.15) is 5.82 Å². The lowest BCUT2D eigenvalue weighted by Gasteiger charge is -2.12. The molecule has 0 fully saturated rings. The number of nitrogens with zero attached hydrogens (tertiary/aromatic N) is 2. The first-order valence-electron chi connectivity index (χ1n) is 6.08. The third-order valence-electron chi connectivity index (χ3n) is 3.17. The zero-order valence-electron chi connectivity index (χ0n) is 10.9. The number of aromatic nitrogens is 2. The second kappa shape index (κ2) is 4.31. The average Bonchev–Trinajstić information content (AvgIpc) is 2.74. The Kier molecular flexibility index (Phi) is 2.63. The summed E-state index contributed by atoms with van der Waals surface area (Å²) in [4.78, 5) is 4.56. The quantitative estimate of drug-likeness (QED) is 0.714. The van der Waals surface area contributed by atoms with Gasteiger partial charge in [0.2, 0.25) is 0 Å². The SMILES string of the molecule is COc1ccc(N)cc1-n1c(C)nc2ccccc21. The van der Waals surface area contributed by atoms with Gasteiger partial charge < -0.3 is 10.5 Å². The lowest BCUT2D eigenvalue weighted by molar-refractivity contribution is 0.413. The van der Waals surface area contributed by atoms with Gasteiger partial charge >= 0.3 is 0 Å². The van der Waals surface area contributed by atoms with E-state index in [2.05, 4.69) is 9.55 Å². The van der Waals surface area contributed by atoms with Gasteiger partial charge in [-0.05, 0) is 37.3 Å². The van der Waals surface area contributed by atoms with Crippen LogP contribution in [-0.2, 0) is 0 Å². The summed E-state index contributed by atoms with van der Waals surface area (Å²) in [6.07, 6.45) is 0. The lowest BCUT2D eigenvalue weighted by Crippen LogP contribution is -2.01. The van der Waals surface area contributed by atoms with Crippen molar-refractivity contribution in [3.05, 3.63) is 48.3 Å². The molecule has 0 saturated carbocycles. The molecule has 0 bridgehead atoms. The van der Waals surface area contributed by atoms with Crippen LogP contribution in [0.5, 0.6) is 5.75 Å². The molecule has 19 heavy (non-hydrogen) atoms. The first kappa shape index (κ1) is 11.6. The van der Waals surface area contributed by atoms with Gasteiger partial charge in [-0.15, -0.1) is 0 Å². The van der Waals surface area contributed by atoms with E-state index < -0.39 is 0 Å². The molecule has 0 aliphatic carbocycles. The fourth-order valence-corrected chi connectivity index (χ4v) is 2.33. The number of benzene rings is 2. The summed E-state index contributed by atoms with van der Waals surface area (Å²) >= 11 is 0. The van der Waals surface area contributed by atoms with Crippen molar-refractivity contribution in [1.29, 1.82) is 0 Å². The molecule has 3 rings (SSSR count). The maximum absolute atomic E-state index is 5.89.